The molecule has 0 saturated carbocycles. The van der Waals surface area contributed by atoms with Gasteiger partial charge in [0.15, 0.2) is 5.17 Å². The summed E-state index contributed by atoms with van der Waals surface area (Å²) >= 11 is 1.68. The molecule has 0 radical (unpaired) electrons. The van der Waals surface area contributed by atoms with E-state index in [1.54, 1.807) is 11.8 Å². The molecule has 0 spiro atoms. The Bertz CT molecular complexity index is 402. The monoisotopic (exact) mass is 252 g/mol. The highest BCUT2D eigenvalue weighted by Crippen LogP contribution is 2.17. The maximum Gasteiger partial charge on any atom is 0.209 e. The molecule has 3 aliphatic heterocycles. The smallest absolute Gasteiger partial charge is 0.209 e. The highest BCUT2D eigenvalue weighted by Gasteiger charge is 2.31. The topological polar surface area (TPSA) is 55.6 Å². The predicted octanol–water partition coefficient (Wildman–Crippen LogP) is -0.348. The third-order valence-corrected chi connectivity index (χ3v) is 3.67. The lowest BCUT2D eigenvalue weighted by molar-refractivity contribution is 0.549. The second-order valence-electron chi connectivity index (χ2n) is 3.99. The van der Waals surface area contributed by atoms with Crippen LogP contribution in [0.4, 0.5) is 0 Å². The van der Waals surface area contributed by atoms with Crippen LogP contribution in [0.25, 0.3) is 0 Å². The van der Waals surface area contributed by atoms with Gasteiger partial charge in [0.05, 0.1) is 19.6 Å². The van der Waals surface area contributed by atoms with E-state index in [0.29, 0.717) is 0 Å². The molecule has 0 bridgehead atoms. The number of nitrogens with zero attached hydrogens (tertiary/aromatic N) is 5. The molecule has 6 nitrogen and oxygen atoms in total. The zero-order valence-corrected chi connectivity index (χ0v) is 10.7. The summed E-state index contributed by atoms with van der Waals surface area (Å²) < 4.78 is 0. The standard InChI is InChI=1S/C10H16N6S/c1-17-10-14-5-7-16(10)9-13-4-6-15(9)8-11-2-3-12-8/h2-7H2,1H3,(H,11,12). The molecule has 7 heteroatoms. The number of hydrogen-bond acceptors (Lipinski definition) is 7. The van der Waals surface area contributed by atoms with E-state index in [2.05, 4.69) is 36.3 Å². The van der Waals surface area contributed by atoms with Crippen molar-refractivity contribution in [2.75, 3.05) is 45.5 Å². The van der Waals surface area contributed by atoms with Gasteiger partial charge in [-0.25, -0.2) is 0 Å². The Labute approximate surface area is 105 Å². The zero-order chi connectivity index (χ0) is 11.7. The maximum absolute atomic E-state index is 4.60. The molecule has 0 aromatic carbocycles. The molecule has 0 aliphatic carbocycles. The largest absolute Gasteiger partial charge is 0.354 e. The van der Waals surface area contributed by atoms with Crippen LogP contribution in [-0.4, -0.2) is 72.4 Å². The number of nitrogens with one attached hydrogen (secondary N) is 1. The zero-order valence-electron chi connectivity index (χ0n) is 9.89. The minimum absolute atomic E-state index is 0.841. The van der Waals surface area contributed by atoms with Crippen LogP contribution < -0.4 is 5.32 Å². The summed E-state index contributed by atoms with van der Waals surface area (Å²) in [5.74, 6) is 1.97. The molecule has 1 N–H and O–H groups in total. The van der Waals surface area contributed by atoms with Crippen molar-refractivity contribution < 1.29 is 0 Å². The Hall–Kier alpha value is -1.24. The number of rotatable bonds is 0. The third-order valence-electron chi connectivity index (χ3n) is 2.96. The Morgan fingerprint density at radius 2 is 1.88 bits per heavy atom. The van der Waals surface area contributed by atoms with E-state index < -0.39 is 0 Å². The summed E-state index contributed by atoms with van der Waals surface area (Å²) in [6.07, 6.45) is 2.06. The molecule has 0 unspecified atom stereocenters. The second kappa shape index (κ2) is 4.56. The van der Waals surface area contributed by atoms with Crippen LogP contribution in [0.1, 0.15) is 0 Å². The van der Waals surface area contributed by atoms with Crippen LogP contribution in [0, 0.1) is 0 Å². The van der Waals surface area contributed by atoms with Gasteiger partial charge in [0.1, 0.15) is 0 Å². The summed E-state index contributed by atoms with van der Waals surface area (Å²) in [7, 11) is 0. The van der Waals surface area contributed by atoms with Crippen LogP contribution in [-0.2, 0) is 0 Å². The number of guanidine groups is 2. The van der Waals surface area contributed by atoms with Crippen molar-refractivity contribution in [1.82, 2.24) is 15.1 Å². The summed E-state index contributed by atoms with van der Waals surface area (Å²) in [4.78, 5) is 17.9. The van der Waals surface area contributed by atoms with Crippen LogP contribution in [0.15, 0.2) is 15.0 Å². The van der Waals surface area contributed by atoms with Gasteiger partial charge in [-0.05, 0) is 6.26 Å². The summed E-state index contributed by atoms with van der Waals surface area (Å²) in [5.41, 5.74) is 0. The maximum atomic E-state index is 4.60. The molecular formula is C10H16N6S. The SMILES string of the molecule is CSC1=NCCN1C1=NCCN1C1=NCCN1. The first-order valence-corrected chi connectivity index (χ1v) is 7.09. The third kappa shape index (κ3) is 1.88. The van der Waals surface area contributed by atoms with Gasteiger partial charge in [0.25, 0.3) is 0 Å². The van der Waals surface area contributed by atoms with Gasteiger partial charge < -0.3 is 5.32 Å². The van der Waals surface area contributed by atoms with E-state index in [1.807, 2.05) is 0 Å². The molecule has 0 saturated heterocycles. The molecule has 3 rings (SSSR count). The lowest BCUT2D eigenvalue weighted by Gasteiger charge is -2.27. The van der Waals surface area contributed by atoms with Crippen LogP contribution in [0.2, 0.25) is 0 Å². The number of aliphatic imine (C=N–C) groups is 3. The van der Waals surface area contributed by atoms with Gasteiger partial charge in [-0.2, -0.15) is 0 Å². The van der Waals surface area contributed by atoms with E-state index in [-0.39, 0.29) is 0 Å². The van der Waals surface area contributed by atoms with Crippen LogP contribution >= 0.6 is 11.8 Å². The van der Waals surface area contributed by atoms with Gasteiger partial charge in [-0.3, -0.25) is 24.8 Å². The second-order valence-corrected chi connectivity index (χ2v) is 4.76. The van der Waals surface area contributed by atoms with E-state index in [9.17, 15) is 0 Å². The van der Waals surface area contributed by atoms with Crippen molar-refractivity contribution in [2.24, 2.45) is 15.0 Å². The molecule has 3 heterocycles. The molecule has 3 aliphatic rings. The van der Waals surface area contributed by atoms with E-state index >= 15 is 0 Å². The fourth-order valence-corrected chi connectivity index (χ4v) is 2.83. The molecular weight excluding hydrogens is 236 g/mol. The lowest BCUT2D eigenvalue weighted by atomic mass is 10.5. The van der Waals surface area contributed by atoms with E-state index in [0.717, 1.165) is 56.4 Å². The first kappa shape index (κ1) is 10.9. The Morgan fingerprint density at radius 1 is 1.06 bits per heavy atom. The van der Waals surface area contributed by atoms with Gasteiger partial charge in [-0.15, -0.1) is 0 Å². The number of hydrogen-bond donors (Lipinski definition) is 1. The number of thioether (sulfide) groups is 1. The molecule has 0 amide bonds. The fourth-order valence-electron chi connectivity index (χ4n) is 2.22. The molecule has 0 aromatic rings. The van der Waals surface area contributed by atoms with Crippen LogP contribution in [0.3, 0.4) is 0 Å². The van der Waals surface area contributed by atoms with E-state index in [4.69, 9.17) is 0 Å². The first-order valence-electron chi connectivity index (χ1n) is 5.86. The molecule has 17 heavy (non-hydrogen) atoms. The molecule has 0 fully saturated rings. The highest BCUT2D eigenvalue weighted by atomic mass is 32.2. The van der Waals surface area contributed by atoms with Crippen LogP contribution in [0.5, 0.6) is 0 Å². The normalized spacial score (nSPS) is 23.7. The quantitative estimate of drug-likeness (QED) is 0.640. The van der Waals surface area contributed by atoms with Crippen molar-refractivity contribution in [3.05, 3.63) is 0 Å². The summed E-state index contributed by atoms with van der Waals surface area (Å²) in [6, 6.07) is 0. The van der Waals surface area contributed by atoms with E-state index in [1.165, 1.54) is 0 Å². The van der Waals surface area contributed by atoms with Gasteiger partial charge in [0, 0.05) is 19.6 Å². The minimum Gasteiger partial charge on any atom is -0.354 e. The van der Waals surface area contributed by atoms with Gasteiger partial charge in [-0.1, -0.05) is 11.8 Å². The van der Waals surface area contributed by atoms with Gasteiger partial charge >= 0.3 is 0 Å². The molecule has 0 atom stereocenters. The molecule has 0 aromatic heterocycles. The first-order chi connectivity index (χ1) is 8.40. The van der Waals surface area contributed by atoms with Crippen molar-refractivity contribution in [1.29, 1.82) is 0 Å². The minimum atomic E-state index is 0.841. The summed E-state index contributed by atoms with van der Waals surface area (Å²) in [6.45, 7) is 5.35. The summed E-state index contributed by atoms with van der Waals surface area (Å²) in [5, 5.41) is 4.37. The molecule has 92 valence electrons. The number of amidine groups is 1. The Balaban J connectivity index is 1.80. The average molecular weight is 252 g/mol. The predicted molar refractivity (Wildman–Crippen MR) is 71.8 cm³/mol. The fraction of sp³-hybridized carbons (Fsp3) is 0.700. The van der Waals surface area contributed by atoms with Crippen molar-refractivity contribution in [2.45, 2.75) is 0 Å². The van der Waals surface area contributed by atoms with Crippen molar-refractivity contribution in [3.8, 4) is 0 Å². The highest BCUT2D eigenvalue weighted by molar-refractivity contribution is 8.13. The average Bonchev–Trinajstić information content (AvgIpc) is 3.09. The van der Waals surface area contributed by atoms with Gasteiger partial charge in [0.2, 0.25) is 11.9 Å². The Morgan fingerprint density at radius 3 is 2.65 bits per heavy atom. The Kier molecular flexibility index (Phi) is 2.92. The lowest BCUT2D eigenvalue weighted by Crippen LogP contribution is -2.49. The van der Waals surface area contributed by atoms with Crippen molar-refractivity contribution >= 4 is 28.8 Å². The van der Waals surface area contributed by atoms with Crippen molar-refractivity contribution in [3.63, 3.8) is 0 Å².